The molecule has 0 aliphatic carbocycles. The van der Waals surface area contributed by atoms with Crippen LogP contribution < -0.4 is 20.3 Å². The van der Waals surface area contributed by atoms with Crippen LogP contribution in [0.2, 0.25) is 0 Å². The van der Waals surface area contributed by atoms with Gasteiger partial charge >= 0.3 is 11.8 Å². The molecular formula is C28H33N5O3. The third-order valence-electron chi connectivity index (χ3n) is 6.49. The van der Waals surface area contributed by atoms with Gasteiger partial charge in [0.2, 0.25) is 0 Å². The molecule has 1 atom stereocenters. The quantitative estimate of drug-likeness (QED) is 0.475. The molecule has 1 saturated heterocycles. The maximum absolute atomic E-state index is 12.6. The molecule has 2 amide bonds. The van der Waals surface area contributed by atoms with Gasteiger partial charge in [0.15, 0.2) is 0 Å². The summed E-state index contributed by atoms with van der Waals surface area (Å²) >= 11 is 0. The number of pyridine rings is 1. The van der Waals surface area contributed by atoms with Gasteiger partial charge in [0.1, 0.15) is 5.75 Å². The average molecular weight is 488 g/mol. The first-order chi connectivity index (χ1) is 17.5. The van der Waals surface area contributed by atoms with Crippen molar-refractivity contribution < 1.29 is 14.3 Å². The van der Waals surface area contributed by atoms with Crippen LogP contribution in [0.3, 0.4) is 0 Å². The molecule has 0 bridgehead atoms. The summed E-state index contributed by atoms with van der Waals surface area (Å²) in [6.45, 7) is 5.87. The average Bonchev–Trinajstić information content (AvgIpc) is 2.93. The van der Waals surface area contributed by atoms with E-state index in [1.54, 1.807) is 13.3 Å². The lowest BCUT2D eigenvalue weighted by Crippen LogP contribution is -2.51. The topological polar surface area (TPSA) is 86.8 Å². The molecule has 8 heteroatoms. The van der Waals surface area contributed by atoms with Gasteiger partial charge in [-0.25, -0.2) is 0 Å². The van der Waals surface area contributed by atoms with Crippen molar-refractivity contribution in [3.63, 3.8) is 0 Å². The van der Waals surface area contributed by atoms with Crippen molar-refractivity contribution in [3.05, 3.63) is 89.7 Å². The molecule has 1 aliphatic rings. The fourth-order valence-electron chi connectivity index (χ4n) is 4.43. The predicted octanol–water partition coefficient (Wildman–Crippen LogP) is 2.69. The minimum Gasteiger partial charge on any atom is -0.495 e. The van der Waals surface area contributed by atoms with E-state index in [-0.39, 0.29) is 6.04 Å². The van der Waals surface area contributed by atoms with Crippen LogP contribution >= 0.6 is 0 Å². The second-order valence-electron chi connectivity index (χ2n) is 8.88. The van der Waals surface area contributed by atoms with Gasteiger partial charge in [-0.3, -0.25) is 19.5 Å². The number of nitrogens with one attached hydrogen (secondary N) is 2. The van der Waals surface area contributed by atoms with Crippen LogP contribution in [-0.4, -0.2) is 61.5 Å². The Labute approximate surface area is 212 Å². The first kappa shape index (κ1) is 25.2. The highest BCUT2D eigenvalue weighted by molar-refractivity contribution is 6.35. The van der Waals surface area contributed by atoms with E-state index in [4.69, 9.17) is 4.74 Å². The molecule has 1 fully saturated rings. The number of para-hydroxylation sites is 2. The SMILES string of the molecule is COc1ccccc1N1CCN([C@H](CNC(=O)C(=O)NCc2ccc(C)cc2)c2cccnc2)CC1. The maximum Gasteiger partial charge on any atom is 0.309 e. The normalized spacial score (nSPS) is 14.7. The molecule has 0 radical (unpaired) electrons. The summed E-state index contributed by atoms with van der Waals surface area (Å²) < 4.78 is 5.53. The number of aryl methyl sites for hydroxylation is 1. The zero-order valence-electron chi connectivity index (χ0n) is 20.8. The van der Waals surface area contributed by atoms with Gasteiger partial charge in [-0.05, 0) is 36.2 Å². The summed E-state index contributed by atoms with van der Waals surface area (Å²) in [5.41, 5.74) is 4.18. The monoisotopic (exact) mass is 487 g/mol. The summed E-state index contributed by atoms with van der Waals surface area (Å²) in [6.07, 6.45) is 3.55. The number of amides is 2. The van der Waals surface area contributed by atoms with E-state index in [9.17, 15) is 9.59 Å². The van der Waals surface area contributed by atoms with Crippen molar-refractivity contribution in [1.29, 1.82) is 0 Å². The van der Waals surface area contributed by atoms with E-state index in [0.717, 1.165) is 54.3 Å². The van der Waals surface area contributed by atoms with Crippen LogP contribution in [0, 0.1) is 6.92 Å². The van der Waals surface area contributed by atoms with Crippen molar-refractivity contribution in [2.75, 3.05) is 44.7 Å². The lowest BCUT2D eigenvalue weighted by atomic mass is 10.1. The van der Waals surface area contributed by atoms with E-state index in [1.165, 1.54) is 0 Å². The van der Waals surface area contributed by atoms with E-state index in [1.807, 2.05) is 67.7 Å². The number of rotatable bonds is 8. The Bertz CT molecular complexity index is 1150. The van der Waals surface area contributed by atoms with Crippen molar-refractivity contribution in [3.8, 4) is 5.75 Å². The number of hydrogen-bond donors (Lipinski definition) is 2. The van der Waals surface area contributed by atoms with Gasteiger partial charge in [-0.2, -0.15) is 0 Å². The number of ether oxygens (including phenoxy) is 1. The number of benzene rings is 2. The van der Waals surface area contributed by atoms with Crippen molar-refractivity contribution >= 4 is 17.5 Å². The van der Waals surface area contributed by atoms with E-state index in [2.05, 4.69) is 31.5 Å². The van der Waals surface area contributed by atoms with E-state index in [0.29, 0.717) is 13.1 Å². The molecule has 36 heavy (non-hydrogen) atoms. The molecule has 1 aromatic heterocycles. The molecule has 4 rings (SSSR count). The van der Waals surface area contributed by atoms with E-state index >= 15 is 0 Å². The Hall–Kier alpha value is -3.91. The zero-order chi connectivity index (χ0) is 25.3. The Balaban J connectivity index is 1.36. The lowest BCUT2D eigenvalue weighted by molar-refractivity contribution is -0.139. The van der Waals surface area contributed by atoms with Crippen LogP contribution in [0.5, 0.6) is 5.75 Å². The molecule has 2 aromatic carbocycles. The Morgan fingerprint density at radius 2 is 1.67 bits per heavy atom. The summed E-state index contributed by atoms with van der Waals surface area (Å²) in [4.78, 5) is 33.9. The number of methoxy groups -OCH3 is 1. The second kappa shape index (κ2) is 12.2. The molecule has 8 nitrogen and oxygen atoms in total. The largest absolute Gasteiger partial charge is 0.495 e. The predicted molar refractivity (Wildman–Crippen MR) is 140 cm³/mol. The first-order valence-corrected chi connectivity index (χ1v) is 12.2. The molecule has 1 aliphatic heterocycles. The van der Waals surface area contributed by atoms with Crippen LogP contribution in [0.1, 0.15) is 22.7 Å². The van der Waals surface area contributed by atoms with Gasteiger partial charge in [-0.1, -0.05) is 48.0 Å². The third-order valence-corrected chi connectivity index (χ3v) is 6.49. The number of aromatic nitrogens is 1. The Morgan fingerprint density at radius 3 is 2.36 bits per heavy atom. The van der Waals surface area contributed by atoms with Gasteiger partial charge in [0.05, 0.1) is 18.8 Å². The number of anilines is 1. The third kappa shape index (κ3) is 6.40. The fourth-order valence-corrected chi connectivity index (χ4v) is 4.43. The van der Waals surface area contributed by atoms with Crippen LogP contribution in [-0.2, 0) is 16.1 Å². The van der Waals surface area contributed by atoms with Gasteiger partial charge < -0.3 is 20.3 Å². The molecule has 188 valence electrons. The summed E-state index contributed by atoms with van der Waals surface area (Å²) in [5, 5.41) is 5.53. The molecule has 0 spiro atoms. The molecular weight excluding hydrogens is 454 g/mol. The number of carbonyl (C=O) groups excluding carboxylic acids is 2. The van der Waals surface area contributed by atoms with Gasteiger partial charge in [0, 0.05) is 51.7 Å². The van der Waals surface area contributed by atoms with Crippen molar-refractivity contribution in [2.24, 2.45) is 0 Å². The minimum absolute atomic E-state index is 0.0904. The van der Waals surface area contributed by atoms with Crippen molar-refractivity contribution in [1.82, 2.24) is 20.5 Å². The smallest absolute Gasteiger partial charge is 0.309 e. The molecule has 0 saturated carbocycles. The number of hydrogen-bond acceptors (Lipinski definition) is 6. The summed E-state index contributed by atoms with van der Waals surface area (Å²) in [7, 11) is 1.69. The van der Waals surface area contributed by atoms with Crippen molar-refractivity contribution in [2.45, 2.75) is 19.5 Å². The first-order valence-electron chi connectivity index (χ1n) is 12.2. The molecule has 2 N–H and O–H groups in total. The van der Waals surface area contributed by atoms with E-state index < -0.39 is 11.8 Å². The molecule has 3 aromatic rings. The Kier molecular flexibility index (Phi) is 8.52. The zero-order valence-corrected chi connectivity index (χ0v) is 20.8. The second-order valence-corrected chi connectivity index (χ2v) is 8.88. The summed E-state index contributed by atoms with van der Waals surface area (Å²) in [5.74, 6) is -0.413. The minimum atomic E-state index is -0.637. The fraction of sp³-hybridized carbons (Fsp3) is 0.321. The number of nitrogens with zero attached hydrogens (tertiary/aromatic N) is 3. The Morgan fingerprint density at radius 1 is 0.944 bits per heavy atom. The summed E-state index contributed by atoms with van der Waals surface area (Å²) in [6, 6.07) is 19.7. The maximum atomic E-state index is 12.6. The lowest BCUT2D eigenvalue weighted by Gasteiger charge is -2.40. The number of piperazine rings is 1. The molecule has 0 unspecified atom stereocenters. The van der Waals surface area contributed by atoms with Crippen LogP contribution in [0.15, 0.2) is 73.1 Å². The standard InChI is InChI=1S/C28H33N5O3/c1-21-9-11-22(12-10-21)18-30-27(34)28(35)31-20-25(23-6-5-13-29-19-23)33-16-14-32(15-17-33)24-7-3-4-8-26(24)36-2/h3-13,19,25H,14-18,20H2,1-2H3,(H,30,34)(H,31,35)/t25-/m1/s1. The molecule has 2 heterocycles. The highest BCUT2D eigenvalue weighted by atomic mass is 16.5. The van der Waals surface area contributed by atoms with Gasteiger partial charge in [0.25, 0.3) is 0 Å². The highest BCUT2D eigenvalue weighted by Crippen LogP contribution is 2.30. The van der Waals surface area contributed by atoms with Gasteiger partial charge in [-0.15, -0.1) is 0 Å². The number of carbonyl (C=O) groups is 2. The van der Waals surface area contributed by atoms with Crippen LogP contribution in [0.25, 0.3) is 0 Å². The van der Waals surface area contributed by atoms with Crippen LogP contribution in [0.4, 0.5) is 5.69 Å². The highest BCUT2D eigenvalue weighted by Gasteiger charge is 2.27.